The Morgan fingerprint density at radius 3 is 2.69 bits per heavy atom. The number of rotatable bonds is 4. The quantitative estimate of drug-likeness (QED) is 0.746. The average molecular weight is 412 g/mol. The molecule has 0 amide bonds. The lowest BCUT2D eigenvalue weighted by Crippen LogP contribution is -2.65. The second kappa shape index (κ2) is 6.85. The Morgan fingerprint density at radius 2 is 1.93 bits per heavy atom. The summed E-state index contributed by atoms with van der Waals surface area (Å²) in [5.74, 6) is 1.63. The van der Waals surface area contributed by atoms with Gasteiger partial charge in [-0.25, -0.2) is 8.42 Å². The molecular weight excluding hydrogens is 382 g/mol. The zero-order valence-corrected chi connectivity index (χ0v) is 18.0. The number of benzene rings is 2. The summed E-state index contributed by atoms with van der Waals surface area (Å²) < 4.78 is 32.7. The predicted octanol–water partition coefficient (Wildman–Crippen LogP) is 4.45. The first-order valence-electron chi connectivity index (χ1n) is 10.7. The van der Waals surface area contributed by atoms with Crippen molar-refractivity contribution < 1.29 is 13.2 Å². The molecule has 5 heteroatoms. The van der Waals surface area contributed by atoms with Crippen LogP contribution in [0.4, 0.5) is 0 Å². The minimum Gasteiger partial charge on any atom is -0.489 e. The molecule has 4 unspecified atom stereocenters. The summed E-state index contributed by atoms with van der Waals surface area (Å²) in [6.07, 6.45) is 6.06. The van der Waals surface area contributed by atoms with E-state index in [1.54, 1.807) is 4.31 Å². The van der Waals surface area contributed by atoms with E-state index in [0.29, 0.717) is 25.0 Å². The van der Waals surface area contributed by atoms with E-state index in [4.69, 9.17) is 4.74 Å². The molecule has 5 rings (SSSR count). The van der Waals surface area contributed by atoms with Gasteiger partial charge < -0.3 is 4.74 Å². The number of nitrogens with zero attached hydrogens (tertiary/aromatic N) is 1. The summed E-state index contributed by atoms with van der Waals surface area (Å²) in [5.41, 5.74) is 4.03. The molecule has 0 radical (unpaired) electrons. The lowest BCUT2D eigenvalue weighted by atomic mass is 9.44. The number of fused-ring (bicyclic) bond motifs is 2. The highest BCUT2D eigenvalue weighted by atomic mass is 32.2. The highest BCUT2D eigenvalue weighted by molar-refractivity contribution is 7.88. The molecule has 0 bridgehead atoms. The van der Waals surface area contributed by atoms with Crippen molar-refractivity contribution in [1.82, 2.24) is 4.31 Å². The van der Waals surface area contributed by atoms with Crippen LogP contribution in [0.1, 0.15) is 55.2 Å². The predicted molar refractivity (Wildman–Crippen MR) is 115 cm³/mol. The molecule has 4 nitrogen and oxygen atoms in total. The van der Waals surface area contributed by atoms with Crippen molar-refractivity contribution >= 4 is 10.0 Å². The van der Waals surface area contributed by atoms with Crippen LogP contribution in [0.25, 0.3) is 0 Å². The van der Waals surface area contributed by atoms with Crippen LogP contribution < -0.4 is 4.74 Å². The Morgan fingerprint density at radius 1 is 1.14 bits per heavy atom. The number of hydrogen-bond acceptors (Lipinski definition) is 3. The minimum atomic E-state index is -3.19. The molecule has 1 saturated heterocycles. The lowest BCUT2D eigenvalue weighted by molar-refractivity contribution is 0.00894. The maximum absolute atomic E-state index is 12.4. The normalized spacial score (nSPS) is 31.2. The fraction of sp³-hybridized carbons (Fsp3) is 0.500. The van der Waals surface area contributed by atoms with Crippen molar-refractivity contribution in [3.05, 3.63) is 65.2 Å². The standard InChI is InChI=1S/C24H29NO3S/c1-17-21-10-6-7-13-24(21)22-14-19(28-16-18-8-4-3-5-9-18)11-12-20(22)23(24)15-25(17)29(2,26)27/h3-5,8-9,11-12,14,17,21,23H,6-7,10,13,15-16H2,1-2H3. The van der Waals surface area contributed by atoms with Gasteiger partial charge in [-0.15, -0.1) is 0 Å². The molecule has 3 aliphatic rings. The first-order chi connectivity index (χ1) is 13.9. The van der Waals surface area contributed by atoms with Crippen LogP contribution in [0.15, 0.2) is 48.5 Å². The number of hydrogen-bond donors (Lipinski definition) is 0. The fourth-order valence-electron chi connectivity index (χ4n) is 6.37. The molecule has 1 aliphatic heterocycles. The van der Waals surface area contributed by atoms with Gasteiger partial charge in [0, 0.05) is 23.9 Å². The number of ether oxygens (including phenoxy) is 1. The zero-order valence-electron chi connectivity index (χ0n) is 17.2. The van der Waals surface area contributed by atoms with Gasteiger partial charge in [-0.05, 0) is 54.5 Å². The van der Waals surface area contributed by atoms with Crippen LogP contribution in [-0.2, 0) is 22.0 Å². The molecule has 29 heavy (non-hydrogen) atoms. The lowest BCUT2D eigenvalue weighted by Gasteiger charge is -2.64. The molecule has 1 saturated carbocycles. The Bertz CT molecular complexity index is 1020. The van der Waals surface area contributed by atoms with Gasteiger partial charge in [0.05, 0.1) is 6.26 Å². The van der Waals surface area contributed by atoms with Gasteiger partial charge in [0.25, 0.3) is 0 Å². The van der Waals surface area contributed by atoms with Crippen molar-refractivity contribution in [2.24, 2.45) is 5.92 Å². The molecule has 154 valence electrons. The first-order valence-corrected chi connectivity index (χ1v) is 12.5. The Kier molecular flexibility index (Phi) is 4.52. The van der Waals surface area contributed by atoms with Crippen molar-refractivity contribution in [2.75, 3.05) is 12.8 Å². The molecule has 2 aliphatic carbocycles. The summed E-state index contributed by atoms with van der Waals surface area (Å²) in [6.45, 7) is 3.30. The molecular formula is C24H29NO3S. The van der Waals surface area contributed by atoms with Crippen molar-refractivity contribution in [2.45, 2.75) is 56.6 Å². The van der Waals surface area contributed by atoms with Gasteiger partial charge in [0.1, 0.15) is 12.4 Å². The maximum atomic E-state index is 12.4. The summed E-state index contributed by atoms with van der Waals surface area (Å²) in [5, 5.41) is 0. The van der Waals surface area contributed by atoms with Gasteiger partial charge >= 0.3 is 0 Å². The highest BCUT2D eigenvalue weighted by Gasteiger charge is 2.62. The third-order valence-electron chi connectivity index (χ3n) is 7.61. The molecule has 1 heterocycles. The van der Waals surface area contributed by atoms with Crippen LogP contribution in [0.5, 0.6) is 5.75 Å². The highest BCUT2D eigenvalue weighted by Crippen LogP contribution is 2.65. The van der Waals surface area contributed by atoms with E-state index in [1.165, 1.54) is 36.6 Å². The second-order valence-electron chi connectivity index (χ2n) is 9.04. The van der Waals surface area contributed by atoms with Gasteiger partial charge in [-0.3, -0.25) is 0 Å². The van der Waals surface area contributed by atoms with Crippen molar-refractivity contribution in [3.8, 4) is 5.75 Å². The van der Waals surface area contributed by atoms with Crippen molar-refractivity contribution in [3.63, 3.8) is 0 Å². The van der Waals surface area contributed by atoms with E-state index in [1.807, 2.05) is 18.2 Å². The van der Waals surface area contributed by atoms with Gasteiger partial charge in [-0.2, -0.15) is 4.31 Å². The topological polar surface area (TPSA) is 46.6 Å². The summed E-state index contributed by atoms with van der Waals surface area (Å²) in [4.78, 5) is 0. The third-order valence-corrected chi connectivity index (χ3v) is 8.95. The monoisotopic (exact) mass is 411 g/mol. The molecule has 4 atom stereocenters. The molecule has 0 N–H and O–H groups in total. The molecule has 2 aromatic rings. The van der Waals surface area contributed by atoms with E-state index in [-0.39, 0.29) is 11.5 Å². The summed E-state index contributed by atoms with van der Waals surface area (Å²) >= 11 is 0. The van der Waals surface area contributed by atoms with E-state index < -0.39 is 10.0 Å². The van der Waals surface area contributed by atoms with Crippen LogP contribution in [0, 0.1) is 5.92 Å². The van der Waals surface area contributed by atoms with Crippen LogP contribution in [-0.4, -0.2) is 31.6 Å². The molecule has 1 spiro atoms. The van der Waals surface area contributed by atoms with Gasteiger partial charge in [-0.1, -0.05) is 49.2 Å². The number of sulfonamides is 1. The maximum Gasteiger partial charge on any atom is 0.211 e. The third kappa shape index (κ3) is 2.93. The SMILES string of the molecule is CC1C2CCCCC23c2cc(OCc4ccccc4)ccc2C3CN1S(C)(=O)=O. The Balaban J connectivity index is 1.48. The summed E-state index contributed by atoms with van der Waals surface area (Å²) in [7, 11) is -3.19. The molecule has 0 aromatic heterocycles. The Hall–Kier alpha value is -1.85. The minimum absolute atomic E-state index is 0.0589. The summed E-state index contributed by atoms with van der Waals surface area (Å²) in [6, 6.07) is 16.8. The van der Waals surface area contributed by atoms with E-state index in [0.717, 1.165) is 17.7 Å². The van der Waals surface area contributed by atoms with Gasteiger partial charge in [0.2, 0.25) is 10.0 Å². The average Bonchev–Trinajstić information content (AvgIpc) is 2.72. The van der Waals surface area contributed by atoms with Crippen LogP contribution in [0.3, 0.4) is 0 Å². The molecule has 2 fully saturated rings. The van der Waals surface area contributed by atoms with Crippen LogP contribution >= 0.6 is 0 Å². The van der Waals surface area contributed by atoms with Crippen LogP contribution in [0.2, 0.25) is 0 Å². The fourth-order valence-corrected chi connectivity index (χ4v) is 7.54. The van der Waals surface area contributed by atoms with E-state index >= 15 is 0 Å². The molecule has 2 aromatic carbocycles. The van der Waals surface area contributed by atoms with E-state index in [9.17, 15) is 8.42 Å². The largest absolute Gasteiger partial charge is 0.489 e. The first kappa shape index (κ1) is 19.1. The second-order valence-corrected chi connectivity index (χ2v) is 11.0. The van der Waals surface area contributed by atoms with Gasteiger partial charge in [0.15, 0.2) is 0 Å². The van der Waals surface area contributed by atoms with Crippen molar-refractivity contribution in [1.29, 1.82) is 0 Å². The van der Waals surface area contributed by atoms with E-state index in [2.05, 4.69) is 37.3 Å². The smallest absolute Gasteiger partial charge is 0.211 e. The number of piperidine rings is 1. The Labute approximate surface area is 173 Å². The zero-order chi connectivity index (χ0) is 20.2.